The number of aromatic amines is 1. The van der Waals surface area contributed by atoms with Crippen molar-refractivity contribution in [3.8, 4) is 17.1 Å². The van der Waals surface area contributed by atoms with Crippen LogP contribution in [0.4, 0.5) is 0 Å². The number of benzene rings is 1. The van der Waals surface area contributed by atoms with E-state index in [9.17, 15) is 19.8 Å². The number of nitrogens with zero attached hydrogens (tertiary/aromatic N) is 2. The molecule has 3 rings (SSSR count). The summed E-state index contributed by atoms with van der Waals surface area (Å²) in [4.78, 5) is 23.9. The molecule has 0 bridgehead atoms. The third-order valence-corrected chi connectivity index (χ3v) is 4.01. The smallest absolute Gasteiger partial charge is 0.326 e. The number of phenolic OH excluding ortho intramolecular Hbond substituents is 1. The first-order valence-electron chi connectivity index (χ1n) is 7.92. The minimum atomic E-state index is -1.14. The van der Waals surface area contributed by atoms with Crippen LogP contribution in [0.5, 0.6) is 5.75 Å². The summed E-state index contributed by atoms with van der Waals surface area (Å²) in [6.07, 6.45) is 1.96. The Morgan fingerprint density at radius 2 is 2.00 bits per heavy atom. The standard InChI is InChI=1S/C18H18N4O4/c1-22-8-2-3-16(22)13-10-14(21-20-13)17(24)19-15(18(25)26)9-11-4-6-12(23)7-5-11/h2-8,10,15,23H,9H2,1H3,(H,19,24)(H,20,21)(H,25,26)/t15-/m0/s1. The second-order valence-corrected chi connectivity index (χ2v) is 5.91. The number of amides is 1. The minimum absolute atomic E-state index is 0.0929. The zero-order valence-corrected chi connectivity index (χ0v) is 14.0. The molecule has 1 amide bonds. The van der Waals surface area contributed by atoms with Gasteiger partial charge in [0.05, 0.1) is 5.69 Å². The van der Waals surface area contributed by atoms with E-state index in [0.29, 0.717) is 11.3 Å². The fourth-order valence-electron chi connectivity index (χ4n) is 2.60. The molecule has 134 valence electrons. The van der Waals surface area contributed by atoms with Gasteiger partial charge in [0.15, 0.2) is 0 Å². The highest BCUT2D eigenvalue weighted by Gasteiger charge is 2.22. The Balaban J connectivity index is 1.72. The molecule has 0 saturated heterocycles. The van der Waals surface area contributed by atoms with Gasteiger partial charge in [-0.1, -0.05) is 12.1 Å². The maximum atomic E-state index is 12.4. The first-order chi connectivity index (χ1) is 12.4. The van der Waals surface area contributed by atoms with Gasteiger partial charge in [0.2, 0.25) is 0 Å². The topological polar surface area (TPSA) is 120 Å². The van der Waals surface area contributed by atoms with E-state index in [0.717, 1.165) is 5.69 Å². The molecular formula is C18H18N4O4. The fraction of sp³-hybridized carbons (Fsp3) is 0.167. The average molecular weight is 354 g/mol. The number of nitrogens with one attached hydrogen (secondary N) is 2. The number of carboxylic acid groups (broad SMARTS) is 1. The molecule has 0 aliphatic carbocycles. The summed E-state index contributed by atoms with van der Waals surface area (Å²) in [6.45, 7) is 0. The Bertz CT molecular complexity index is 927. The average Bonchev–Trinajstić information content (AvgIpc) is 3.24. The maximum absolute atomic E-state index is 12.4. The van der Waals surface area contributed by atoms with Gasteiger partial charge in [-0.15, -0.1) is 0 Å². The summed E-state index contributed by atoms with van der Waals surface area (Å²) < 4.78 is 1.86. The van der Waals surface area contributed by atoms with Crippen LogP contribution in [-0.2, 0) is 18.3 Å². The highest BCUT2D eigenvalue weighted by molar-refractivity contribution is 5.95. The van der Waals surface area contributed by atoms with E-state index in [4.69, 9.17) is 0 Å². The Labute approximate surface area is 149 Å². The number of aromatic hydroxyl groups is 1. The summed E-state index contributed by atoms with van der Waals surface area (Å²) in [5.74, 6) is -1.60. The lowest BCUT2D eigenvalue weighted by Gasteiger charge is -2.14. The molecule has 8 nitrogen and oxygen atoms in total. The Morgan fingerprint density at radius 3 is 2.62 bits per heavy atom. The summed E-state index contributed by atoms with van der Waals surface area (Å²) in [7, 11) is 1.86. The zero-order valence-electron chi connectivity index (χ0n) is 14.0. The second kappa shape index (κ2) is 7.14. The van der Waals surface area contributed by atoms with Crippen LogP contribution in [0.15, 0.2) is 48.7 Å². The lowest BCUT2D eigenvalue weighted by molar-refractivity contribution is -0.139. The number of hydrogen-bond donors (Lipinski definition) is 4. The molecule has 8 heteroatoms. The molecule has 1 atom stereocenters. The molecule has 2 aromatic heterocycles. The molecule has 0 unspecified atom stereocenters. The summed E-state index contributed by atoms with van der Waals surface area (Å²) in [5.41, 5.74) is 2.29. The van der Waals surface area contributed by atoms with Crippen molar-refractivity contribution < 1.29 is 19.8 Å². The highest BCUT2D eigenvalue weighted by Crippen LogP contribution is 2.17. The van der Waals surface area contributed by atoms with E-state index in [-0.39, 0.29) is 17.9 Å². The van der Waals surface area contributed by atoms with Crippen LogP contribution >= 0.6 is 0 Å². The fourth-order valence-corrected chi connectivity index (χ4v) is 2.60. The predicted molar refractivity (Wildman–Crippen MR) is 93.7 cm³/mol. The zero-order chi connectivity index (χ0) is 18.7. The van der Waals surface area contributed by atoms with Crippen molar-refractivity contribution in [2.24, 2.45) is 7.05 Å². The molecule has 26 heavy (non-hydrogen) atoms. The van der Waals surface area contributed by atoms with Gasteiger partial charge in [-0.25, -0.2) is 4.79 Å². The van der Waals surface area contributed by atoms with E-state index < -0.39 is 17.9 Å². The summed E-state index contributed by atoms with van der Waals surface area (Å²) in [5, 5.41) is 27.9. The minimum Gasteiger partial charge on any atom is -0.508 e. The van der Waals surface area contributed by atoms with E-state index >= 15 is 0 Å². The summed E-state index contributed by atoms with van der Waals surface area (Å²) >= 11 is 0. The van der Waals surface area contributed by atoms with Crippen molar-refractivity contribution >= 4 is 11.9 Å². The number of phenols is 1. The van der Waals surface area contributed by atoms with E-state index in [1.54, 1.807) is 18.2 Å². The van der Waals surface area contributed by atoms with Crippen LogP contribution in [0.25, 0.3) is 11.4 Å². The molecule has 1 aromatic carbocycles. The predicted octanol–water partition coefficient (Wildman–Crippen LogP) is 1.55. The second-order valence-electron chi connectivity index (χ2n) is 5.91. The van der Waals surface area contributed by atoms with E-state index in [1.807, 2.05) is 29.9 Å². The molecular weight excluding hydrogens is 336 g/mol. The monoisotopic (exact) mass is 354 g/mol. The quantitative estimate of drug-likeness (QED) is 0.535. The van der Waals surface area contributed by atoms with Crippen molar-refractivity contribution in [1.29, 1.82) is 0 Å². The molecule has 0 spiro atoms. The molecule has 0 radical (unpaired) electrons. The molecule has 0 saturated carbocycles. The third-order valence-electron chi connectivity index (χ3n) is 4.01. The number of aryl methyl sites for hydroxylation is 1. The molecule has 2 heterocycles. The van der Waals surface area contributed by atoms with Gasteiger partial charge in [-0.2, -0.15) is 5.10 Å². The number of carbonyl (C=O) groups excluding carboxylic acids is 1. The van der Waals surface area contributed by atoms with Gasteiger partial charge in [0.25, 0.3) is 5.91 Å². The van der Waals surface area contributed by atoms with Crippen molar-refractivity contribution in [2.45, 2.75) is 12.5 Å². The molecule has 3 aromatic rings. The number of rotatable bonds is 6. The summed E-state index contributed by atoms with van der Waals surface area (Å²) in [6, 6.07) is 10.4. The highest BCUT2D eigenvalue weighted by atomic mass is 16.4. The number of carbonyl (C=O) groups is 2. The maximum Gasteiger partial charge on any atom is 0.326 e. The number of hydrogen-bond acceptors (Lipinski definition) is 4. The third kappa shape index (κ3) is 3.75. The first-order valence-corrected chi connectivity index (χ1v) is 7.92. The van der Waals surface area contributed by atoms with Crippen LogP contribution in [0.3, 0.4) is 0 Å². The van der Waals surface area contributed by atoms with Gasteiger partial charge < -0.3 is 20.1 Å². The van der Waals surface area contributed by atoms with Gasteiger partial charge in [0.1, 0.15) is 23.2 Å². The lowest BCUT2D eigenvalue weighted by Crippen LogP contribution is -2.42. The SMILES string of the molecule is Cn1cccc1-c1cc(C(=O)N[C@@H](Cc2ccc(O)cc2)C(=O)O)[nH]n1. The van der Waals surface area contributed by atoms with Crippen molar-refractivity contribution in [3.63, 3.8) is 0 Å². The number of H-pyrrole nitrogens is 1. The van der Waals surface area contributed by atoms with Gasteiger partial charge in [-0.3, -0.25) is 9.89 Å². The van der Waals surface area contributed by atoms with Crippen molar-refractivity contribution in [2.75, 3.05) is 0 Å². The van der Waals surface area contributed by atoms with Gasteiger partial charge in [-0.05, 0) is 35.9 Å². The Kier molecular flexibility index (Phi) is 4.74. The van der Waals surface area contributed by atoms with Gasteiger partial charge >= 0.3 is 5.97 Å². The number of aromatic nitrogens is 3. The van der Waals surface area contributed by atoms with Crippen LogP contribution in [0, 0.1) is 0 Å². The largest absolute Gasteiger partial charge is 0.508 e. The number of aliphatic carboxylic acids is 1. The van der Waals surface area contributed by atoms with E-state index in [2.05, 4.69) is 15.5 Å². The van der Waals surface area contributed by atoms with Crippen LogP contribution in [-0.4, -0.2) is 42.9 Å². The molecule has 4 N–H and O–H groups in total. The van der Waals surface area contributed by atoms with Crippen LogP contribution < -0.4 is 5.32 Å². The van der Waals surface area contributed by atoms with Crippen LogP contribution in [0.1, 0.15) is 16.1 Å². The van der Waals surface area contributed by atoms with Crippen molar-refractivity contribution in [3.05, 3.63) is 59.9 Å². The molecule has 0 fully saturated rings. The first kappa shape index (κ1) is 17.3. The van der Waals surface area contributed by atoms with Crippen LogP contribution in [0.2, 0.25) is 0 Å². The Morgan fingerprint density at radius 1 is 1.27 bits per heavy atom. The van der Waals surface area contributed by atoms with Gasteiger partial charge in [0, 0.05) is 19.7 Å². The van der Waals surface area contributed by atoms with Crippen molar-refractivity contribution in [1.82, 2.24) is 20.1 Å². The lowest BCUT2D eigenvalue weighted by atomic mass is 10.1. The number of carboxylic acids is 1. The van der Waals surface area contributed by atoms with E-state index in [1.165, 1.54) is 12.1 Å². The Hall–Kier alpha value is -3.55. The molecule has 0 aliphatic rings. The normalized spacial score (nSPS) is 11.9. The molecule has 0 aliphatic heterocycles.